The predicted molar refractivity (Wildman–Crippen MR) is 49.3 cm³/mol. The molecule has 0 amide bonds. The fourth-order valence-corrected chi connectivity index (χ4v) is 1.97. The molecule has 0 spiro atoms. The summed E-state index contributed by atoms with van der Waals surface area (Å²) in [5, 5.41) is 20.1. The Kier molecular flexibility index (Phi) is 3.41. The summed E-state index contributed by atoms with van der Waals surface area (Å²) in [6.07, 6.45) is -0.297. The number of hydrogen-bond acceptors (Lipinski definition) is 4. The molecule has 0 saturated carbocycles. The molecule has 1 fully saturated rings. The zero-order chi connectivity index (χ0) is 11.6. The topological polar surface area (TPSA) is 104 Å². The zero-order valence-corrected chi connectivity index (χ0v) is 8.27. The van der Waals surface area contributed by atoms with Crippen LogP contribution in [0.2, 0.25) is 0 Å². The van der Waals surface area contributed by atoms with Crippen molar-refractivity contribution in [3.8, 4) is 0 Å². The summed E-state index contributed by atoms with van der Waals surface area (Å²) in [6.45, 7) is 1.59. The lowest BCUT2D eigenvalue weighted by Crippen LogP contribution is -2.37. The first kappa shape index (κ1) is 11.6. The molecule has 0 bridgehead atoms. The Bertz CT molecular complexity index is 279. The van der Waals surface area contributed by atoms with Crippen LogP contribution in [0.15, 0.2) is 0 Å². The highest BCUT2D eigenvalue weighted by atomic mass is 16.4. The van der Waals surface area contributed by atoms with Crippen molar-refractivity contribution in [2.24, 2.45) is 11.8 Å². The quantitative estimate of drug-likeness (QED) is 0.575. The third-order valence-corrected chi connectivity index (χ3v) is 2.70. The normalized spacial score (nSPS) is 30.1. The largest absolute Gasteiger partial charge is 0.481 e. The highest BCUT2D eigenvalue weighted by Gasteiger charge is 2.43. The SMILES string of the molecule is CC(=O)C1CNC(C(=O)O)C1CC(=O)O. The molecular formula is C9H13NO5. The summed E-state index contributed by atoms with van der Waals surface area (Å²) >= 11 is 0. The molecule has 1 saturated heterocycles. The number of carbonyl (C=O) groups is 3. The van der Waals surface area contributed by atoms with Gasteiger partial charge < -0.3 is 15.5 Å². The second-order valence-electron chi connectivity index (χ2n) is 3.70. The third kappa shape index (κ3) is 2.53. The third-order valence-electron chi connectivity index (χ3n) is 2.70. The van der Waals surface area contributed by atoms with Gasteiger partial charge in [-0.05, 0) is 6.92 Å². The molecule has 0 radical (unpaired) electrons. The number of carboxylic acids is 2. The fraction of sp³-hybridized carbons (Fsp3) is 0.667. The fourth-order valence-electron chi connectivity index (χ4n) is 1.97. The molecule has 6 nitrogen and oxygen atoms in total. The van der Waals surface area contributed by atoms with E-state index in [1.807, 2.05) is 0 Å². The average Bonchev–Trinajstić information content (AvgIpc) is 2.46. The lowest BCUT2D eigenvalue weighted by atomic mass is 9.85. The molecular weight excluding hydrogens is 202 g/mol. The van der Waals surface area contributed by atoms with Crippen molar-refractivity contribution in [2.45, 2.75) is 19.4 Å². The molecule has 3 atom stereocenters. The van der Waals surface area contributed by atoms with Crippen molar-refractivity contribution in [1.82, 2.24) is 5.32 Å². The highest BCUT2D eigenvalue weighted by Crippen LogP contribution is 2.26. The van der Waals surface area contributed by atoms with Crippen LogP contribution in [0, 0.1) is 11.8 Å². The van der Waals surface area contributed by atoms with Crippen molar-refractivity contribution in [3.63, 3.8) is 0 Å². The number of hydrogen-bond donors (Lipinski definition) is 3. The van der Waals surface area contributed by atoms with Crippen LogP contribution in [0.5, 0.6) is 0 Å². The van der Waals surface area contributed by atoms with Gasteiger partial charge in [-0.15, -0.1) is 0 Å². The first-order chi connectivity index (χ1) is 6.93. The monoisotopic (exact) mass is 215 g/mol. The lowest BCUT2D eigenvalue weighted by molar-refractivity contribution is -0.142. The standard InChI is InChI=1S/C9H13NO5/c1-4(11)6-3-10-8(9(14)15)5(6)2-7(12)13/h5-6,8,10H,2-3H2,1H3,(H,12,13)(H,14,15). The van der Waals surface area contributed by atoms with Gasteiger partial charge in [0.1, 0.15) is 11.8 Å². The van der Waals surface area contributed by atoms with Gasteiger partial charge in [0.2, 0.25) is 0 Å². The van der Waals surface area contributed by atoms with Gasteiger partial charge in [-0.3, -0.25) is 14.4 Å². The number of Topliss-reactive ketones (excluding diaryl/α,β-unsaturated/α-hetero) is 1. The molecule has 6 heteroatoms. The van der Waals surface area contributed by atoms with Gasteiger partial charge in [-0.1, -0.05) is 0 Å². The average molecular weight is 215 g/mol. The number of nitrogens with one attached hydrogen (secondary N) is 1. The van der Waals surface area contributed by atoms with Crippen LogP contribution in [-0.2, 0) is 14.4 Å². The second-order valence-corrected chi connectivity index (χ2v) is 3.70. The van der Waals surface area contributed by atoms with Gasteiger partial charge in [-0.25, -0.2) is 0 Å². The first-order valence-electron chi connectivity index (χ1n) is 4.62. The smallest absolute Gasteiger partial charge is 0.321 e. The minimum atomic E-state index is -1.11. The number of rotatable bonds is 4. The van der Waals surface area contributed by atoms with Crippen molar-refractivity contribution < 1.29 is 24.6 Å². The minimum absolute atomic E-state index is 0.169. The van der Waals surface area contributed by atoms with E-state index in [0.717, 1.165) is 0 Å². The van der Waals surface area contributed by atoms with Gasteiger partial charge in [0.25, 0.3) is 0 Å². The first-order valence-corrected chi connectivity index (χ1v) is 4.62. The maximum absolute atomic E-state index is 11.2. The van der Waals surface area contributed by atoms with Crippen molar-refractivity contribution in [2.75, 3.05) is 6.54 Å². The summed E-state index contributed by atoms with van der Waals surface area (Å²) in [6, 6.07) is -0.935. The number of carbonyl (C=O) groups excluding carboxylic acids is 1. The van der Waals surface area contributed by atoms with Gasteiger partial charge in [0.15, 0.2) is 0 Å². The van der Waals surface area contributed by atoms with Gasteiger partial charge in [0.05, 0.1) is 6.42 Å². The molecule has 0 aromatic rings. The summed E-state index contributed by atoms with van der Waals surface area (Å²) in [4.78, 5) is 32.5. The minimum Gasteiger partial charge on any atom is -0.481 e. The Morgan fingerprint density at radius 2 is 1.93 bits per heavy atom. The van der Waals surface area contributed by atoms with Crippen LogP contribution in [0.3, 0.4) is 0 Å². The Morgan fingerprint density at radius 3 is 2.33 bits per heavy atom. The van der Waals surface area contributed by atoms with E-state index < -0.39 is 29.8 Å². The molecule has 0 aromatic heterocycles. The van der Waals surface area contributed by atoms with E-state index in [0.29, 0.717) is 0 Å². The highest BCUT2D eigenvalue weighted by molar-refractivity contribution is 5.84. The van der Waals surface area contributed by atoms with Crippen LogP contribution in [0.25, 0.3) is 0 Å². The molecule has 1 aliphatic heterocycles. The molecule has 15 heavy (non-hydrogen) atoms. The summed E-state index contributed by atoms with van der Waals surface area (Å²) in [5.41, 5.74) is 0. The molecule has 0 aromatic carbocycles. The van der Waals surface area contributed by atoms with E-state index in [1.165, 1.54) is 6.92 Å². The van der Waals surface area contributed by atoms with Gasteiger partial charge in [0, 0.05) is 18.4 Å². The Labute approximate surface area is 86.3 Å². The van der Waals surface area contributed by atoms with Crippen LogP contribution < -0.4 is 5.32 Å². The van der Waals surface area contributed by atoms with E-state index >= 15 is 0 Å². The van der Waals surface area contributed by atoms with Crippen LogP contribution in [-0.4, -0.2) is 40.5 Å². The van der Waals surface area contributed by atoms with Crippen molar-refractivity contribution in [3.05, 3.63) is 0 Å². The van der Waals surface area contributed by atoms with Crippen molar-refractivity contribution in [1.29, 1.82) is 0 Å². The maximum Gasteiger partial charge on any atom is 0.321 e. The Hall–Kier alpha value is -1.43. The molecule has 3 N–H and O–H groups in total. The maximum atomic E-state index is 11.2. The molecule has 84 valence electrons. The number of ketones is 1. The summed E-state index contributed by atoms with van der Waals surface area (Å²) in [7, 11) is 0. The van der Waals surface area contributed by atoms with E-state index in [2.05, 4.69) is 5.32 Å². The molecule has 1 heterocycles. The van der Waals surface area contributed by atoms with Crippen LogP contribution in [0.1, 0.15) is 13.3 Å². The number of aliphatic carboxylic acids is 2. The summed E-state index contributed by atoms with van der Waals surface area (Å²) in [5.74, 6) is -3.52. The van der Waals surface area contributed by atoms with Gasteiger partial charge >= 0.3 is 11.9 Å². The summed E-state index contributed by atoms with van der Waals surface area (Å²) < 4.78 is 0. The lowest BCUT2D eigenvalue weighted by Gasteiger charge is -2.17. The van der Waals surface area contributed by atoms with Gasteiger partial charge in [-0.2, -0.15) is 0 Å². The van der Waals surface area contributed by atoms with E-state index in [1.54, 1.807) is 0 Å². The predicted octanol–water partition coefficient (Wildman–Crippen LogP) is -0.661. The van der Waals surface area contributed by atoms with Crippen LogP contribution in [0.4, 0.5) is 0 Å². The van der Waals surface area contributed by atoms with Crippen molar-refractivity contribution >= 4 is 17.7 Å². The molecule has 3 unspecified atom stereocenters. The molecule has 1 rings (SSSR count). The number of carboxylic acid groups (broad SMARTS) is 2. The molecule has 0 aliphatic carbocycles. The van der Waals surface area contributed by atoms with E-state index in [9.17, 15) is 14.4 Å². The van der Waals surface area contributed by atoms with E-state index in [4.69, 9.17) is 10.2 Å². The Morgan fingerprint density at radius 1 is 1.33 bits per heavy atom. The second kappa shape index (κ2) is 4.39. The molecule has 1 aliphatic rings. The van der Waals surface area contributed by atoms with Crippen LogP contribution >= 0.6 is 0 Å². The zero-order valence-electron chi connectivity index (χ0n) is 8.27. The Balaban J connectivity index is 2.82. The van der Waals surface area contributed by atoms with E-state index in [-0.39, 0.29) is 18.7 Å².